The van der Waals surface area contributed by atoms with Crippen LogP contribution in [0.1, 0.15) is 31.5 Å². The van der Waals surface area contributed by atoms with Gasteiger partial charge in [0.1, 0.15) is 16.5 Å². The minimum atomic E-state index is -3.73. The number of aromatic nitrogens is 2. The van der Waals surface area contributed by atoms with Crippen LogP contribution in [0.5, 0.6) is 0 Å². The topological polar surface area (TPSA) is 97.1 Å². The zero-order valence-electron chi connectivity index (χ0n) is 12.1. The Labute approximate surface area is 123 Å². The van der Waals surface area contributed by atoms with Gasteiger partial charge in [0.15, 0.2) is 0 Å². The summed E-state index contributed by atoms with van der Waals surface area (Å²) >= 11 is 0. The average Bonchev–Trinajstić information content (AvgIpc) is 2.86. The standard InChI is InChI=1S/C13H18N4O3S/c1-4-14-12-11(6-5-7-15-12)21(18,19)17-10(3)13-16-8-9(2)20-13/h5-8,10,17H,4H2,1-3H3,(H,14,15). The highest BCUT2D eigenvalue weighted by Crippen LogP contribution is 2.21. The van der Waals surface area contributed by atoms with Crippen LogP contribution in [0.25, 0.3) is 0 Å². The molecule has 0 saturated heterocycles. The van der Waals surface area contributed by atoms with Crippen molar-refractivity contribution in [2.24, 2.45) is 0 Å². The molecule has 0 amide bonds. The Hall–Kier alpha value is -1.93. The summed E-state index contributed by atoms with van der Waals surface area (Å²) in [6, 6.07) is 2.51. The molecule has 1 atom stereocenters. The van der Waals surface area contributed by atoms with E-state index in [1.807, 2.05) is 6.92 Å². The quantitative estimate of drug-likeness (QED) is 0.845. The SMILES string of the molecule is CCNc1ncccc1S(=O)(=O)NC(C)c1ncc(C)o1. The molecule has 1 unspecified atom stereocenters. The van der Waals surface area contributed by atoms with E-state index < -0.39 is 16.1 Å². The molecule has 0 aliphatic carbocycles. The molecule has 0 radical (unpaired) electrons. The lowest BCUT2D eigenvalue weighted by atomic mass is 10.4. The lowest BCUT2D eigenvalue weighted by molar-refractivity contribution is 0.428. The molecule has 2 heterocycles. The minimum Gasteiger partial charge on any atom is -0.444 e. The first-order valence-corrected chi connectivity index (χ1v) is 8.06. The van der Waals surface area contributed by atoms with Crippen LogP contribution in [0.2, 0.25) is 0 Å². The van der Waals surface area contributed by atoms with Crippen LogP contribution < -0.4 is 10.0 Å². The number of anilines is 1. The monoisotopic (exact) mass is 310 g/mol. The van der Waals surface area contributed by atoms with Crippen molar-refractivity contribution in [2.75, 3.05) is 11.9 Å². The third-order valence-electron chi connectivity index (χ3n) is 2.75. The van der Waals surface area contributed by atoms with Crippen molar-refractivity contribution in [1.29, 1.82) is 0 Å². The van der Waals surface area contributed by atoms with Gasteiger partial charge in [0.05, 0.1) is 12.2 Å². The predicted octanol–water partition coefficient (Wildman–Crippen LogP) is 1.85. The number of nitrogens with zero attached hydrogens (tertiary/aromatic N) is 2. The van der Waals surface area contributed by atoms with Crippen LogP contribution in [0.4, 0.5) is 5.82 Å². The average molecular weight is 310 g/mol. The van der Waals surface area contributed by atoms with Gasteiger partial charge in [-0.15, -0.1) is 0 Å². The molecule has 0 saturated carbocycles. The highest BCUT2D eigenvalue weighted by molar-refractivity contribution is 7.89. The van der Waals surface area contributed by atoms with Gasteiger partial charge in [0.25, 0.3) is 0 Å². The summed E-state index contributed by atoms with van der Waals surface area (Å²) in [6.07, 6.45) is 3.09. The van der Waals surface area contributed by atoms with Crippen molar-refractivity contribution in [3.63, 3.8) is 0 Å². The molecule has 0 aromatic carbocycles. The van der Waals surface area contributed by atoms with Crippen molar-refractivity contribution in [3.05, 3.63) is 36.2 Å². The summed E-state index contributed by atoms with van der Waals surface area (Å²) in [6.45, 7) is 5.87. The summed E-state index contributed by atoms with van der Waals surface area (Å²) in [7, 11) is -3.73. The lowest BCUT2D eigenvalue weighted by Crippen LogP contribution is -2.28. The van der Waals surface area contributed by atoms with Gasteiger partial charge < -0.3 is 9.73 Å². The maximum atomic E-state index is 12.5. The van der Waals surface area contributed by atoms with E-state index in [0.717, 1.165) is 0 Å². The molecule has 21 heavy (non-hydrogen) atoms. The maximum absolute atomic E-state index is 12.5. The van der Waals surface area contributed by atoms with Crippen molar-refractivity contribution in [2.45, 2.75) is 31.7 Å². The molecule has 2 rings (SSSR count). The van der Waals surface area contributed by atoms with Crippen LogP contribution in [-0.2, 0) is 10.0 Å². The summed E-state index contributed by atoms with van der Waals surface area (Å²) in [5.74, 6) is 1.28. The molecule has 0 fully saturated rings. The minimum absolute atomic E-state index is 0.0991. The van der Waals surface area contributed by atoms with E-state index >= 15 is 0 Å². The molecule has 0 bridgehead atoms. The van der Waals surface area contributed by atoms with E-state index in [1.54, 1.807) is 26.1 Å². The van der Waals surface area contributed by atoms with Gasteiger partial charge in [-0.2, -0.15) is 4.72 Å². The van der Waals surface area contributed by atoms with Gasteiger partial charge in [-0.25, -0.2) is 18.4 Å². The molecular formula is C13H18N4O3S. The second kappa shape index (κ2) is 6.23. The molecule has 2 N–H and O–H groups in total. The van der Waals surface area contributed by atoms with E-state index in [0.29, 0.717) is 24.0 Å². The van der Waals surface area contributed by atoms with Gasteiger partial charge in [-0.3, -0.25) is 0 Å². The molecule has 114 valence electrons. The van der Waals surface area contributed by atoms with Crippen molar-refractivity contribution >= 4 is 15.8 Å². The number of hydrogen-bond donors (Lipinski definition) is 2. The lowest BCUT2D eigenvalue weighted by Gasteiger charge is -2.14. The van der Waals surface area contributed by atoms with E-state index in [2.05, 4.69) is 20.0 Å². The molecule has 8 heteroatoms. The Morgan fingerprint density at radius 2 is 2.14 bits per heavy atom. The third kappa shape index (κ3) is 3.59. The first-order chi connectivity index (χ1) is 9.94. The van der Waals surface area contributed by atoms with Crippen molar-refractivity contribution in [1.82, 2.24) is 14.7 Å². The second-order valence-electron chi connectivity index (χ2n) is 4.53. The van der Waals surface area contributed by atoms with Crippen LogP contribution in [-0.4, -0.2) is 24.9 Å². The van der Waals surface area contributed by atoms with Crippen LogP contribution in [0.15, 0.2) is 33.8 Å². The molecule has 2 aromatic rings. The molecule has 0 aliphatic rings. The van der Waals surface area contributed by atoms with Gasteiger partial charge in [-0.05, 0) is 32.9 Å². The van der Waals surface area contributed by atoms with Gasteiger partial charge in [0.2, 0.25) is 15.9 Å². The van der Waals surface area contributed by atoms with E-state index in [1.165, 1.54) is 12.3 Å². The Kier molecular flexibility index (Phi) is 4.59. The van der Waals surface area contributed by atoms with Gasteiger partial charge in [0, 0.05) is 12.7 Å². The van der Waals surface area contributed by atoms with E-state index in [9.17, 15) is 8.42 Å². The number of rotatable bonds is 6. The number of hydrogen-bond acceptors (Lipinski definition) is 6. The number of oxazole rings is 1. The summed E-state index contributed by atoms with van der Waals surface area (Å²) in [5, 5.41) is 2.93. The third-order valence-corrected chi connectivity index (χ3v) is 4.32. The zero-order valence-corrected chi connectivity index (χ0v) is 12.9. The molecule has 7 nitrogen and oxygen atoms in total. The fourth-order valence-electron chi connectivity index (χ4n) is 1.83. The van der Waals surface area contributed by atoms with E-state index in [4.69, 9.17) is 4.42 Å². The fourth-order valence-corrected chi connectivity index (χ4v) is 3.16. The molecular weight excluding hydrogens is 292 g/mol. The highest BCUT2D eigenvalue weighted by atomic mass is 32.2. The number of aryl methyl sites for hydroxylation is 1. The molecule has 2 aromatic heterocycles. The molecule has 0 aliphatic heterocycles. The first-order valence-electron chi connectivity index (χ1n) is 6.57. The van der Waals surface area contributed by atoms with Gasteiger partial charge in [-0.1, -0.05) is 0 Å². The largest absolute Gasteiger partial charge is 0.444 e. The van der Waals surface area contributed by atoms with Crippen molar-refractivity contribution < 1.29 is 12.8 Å². The summed E-state index contributed by atoms with van der Waals surface area (Å²) < 4.78 is 32.8. The normalized spacial score (nSPS) is 13.1. The summed E-state index contributed by atoms with van der Waals surface area (Å²) in [4.78, 5) is 8.18. The number of pyridine rings is 1. The fraction of sp³-hybridized carbons (Fsp3) is 0.385. The second-order valence-corrected chi connectivity index (χ2v) is 6.22. The maximum Gasteiger partial charge on any atom is 0.244 e. The van der Waals surface area contributed by atoms with Crippen molar-refractivity contribution in [3.8, 4) is 0 Å². The Morgan fingerprint density at radius 1 is 1.38 bits per heavy atom. The van der Waals surface area contributed by atoms with E-state index in [-0.39, 0.29) is 4.90 Å². The zero-order chi connectivity index (χ0) is 15.5. The van der Waals surface area contributed by atoms with Crippen LogP contribution in [0.3, 0.4) is 0 Å². The van der Waals surface area contributed by atoms with Crippen LogP contribution in [0, 0.1) is 6.92 Å². The predicted molar refractivity (Wildman–Crippen MR) is 78.4 cm³/mol. The Bertz CT molecular complexity index is 712. The number of nitrogens with one attached hydrogen (secondary N) is 2. The highest BCUT2D eigenvalue weighted by Gasteiger charge is 2.24. The van der Waals surface area contributed by atoms with Crippen LogP contribution >= 0.6 is 0 Å². The van der Waals surface area contributed by atoms with Gasteiger partial charge >= 0.3 is 0 Å². The molecule has 0 spiro atoms. The number of sulfonamides is 1. The Balaban J connectivity index is 2.26. The smallest absolute Gasteiger partial charge is 0.244 e. The Morgan fingerprint density at radius 3 is 2.76 bits per heavy atom. The first kappa shape index (κ1) is 15.5. The summed E-state index contributed by atoms with van der Waals surface area (Å²) in [5.41, 5.74) is 0.